The van der Waals surface area contributed by atoms with Gasteiger partial charge in [0, 0.05) is 24.7 Å². The molecule has 0 aliphatic carbocycles. The Hall–Kier alpha value is -1.35. The maximum Gasteiger partial charge on any atom is 0.251 e. The number of nitrogens with zero attached hydrogens (tertiary/aromatic N) is 1. The summed E-state index contributed by atoms with van der Waals surface area (Å²) in [5.74, 6) is 0.0204. The molecule has 1 N–H and O–H groups in total. The Labute approximate surface area is 136 Å². The Morgan fingerprint density at radius 2 is 1.77 bits per heavy atom. The van der Waals surface area contributed by atoms with Crippen LogP contribution in [0.1, 0.15) is 63.9 Å². The maximum atomic E-state index is 12.1. The van der Waals surface area contributed by atoms with Crippen molar-refractivity contribution in [3.63, 3.8) is 0 Å². The first kappa shape index (κ1) is 18.7. The van der Waals surface area contributed by atoms with Crippen molar-refractivity contribution in [3.8, 4) is 0 Å². The van der Waals surface area contributed by atoms with Gasteiger partial charge in [0.1, 0.15) is 0 Å². The van der Waals surface area contributed by atoms with E-state index in [2.05, 4.69) is 63.9 Å². The average Bonchev–Trinajstić information content (AvgIpc) is 2.43. The predicted octanol–water partition coefficient (Wildman–Crippen LogP) is 4.08. The fourth-order valence-electron chi connectivity index (χ4n) is 2.31. The number of rotatable bonds is 7. The van der Waals surface area contributed by atoms with E-state index in [9.17, 15) is 4.79 Å². The van der Waals surface area contributed by atoms with Crippen LogP contribution in [-0.2, 0) is 6.54 Å². The molecule has 124 valence electrons. The average molecular weight is 304 g/mol. The van der Waals surface area contributed by atoms with Crippen LogP contribution in [-0.4, -0.2) is 29.9 Å². The number of carbonyl (C=O) groups excluding carboxylic acids is 1. The first-order valence-electron chi connectivity index (χ1n) is 8.34. The minimum Gasteiger partial charge on any atom is -0.352 e. The van der Waals surface area contributed by atoms with E-state index in [-0.39, 0.29) is 11.3 Å². The van der Waals surface area contributed by atoms with Gasteiger partial charge >= 0.3 is 0 Å². The highest BCUT2D eigenvalue weighted by atomic mass is 16.1. The Morgan fingerprint density at radius 1 is 1.18 bits per heavy atom. The highest BCUT2D eigenvalue weighted by Gasteiger charge is 2.12. The highest BCUT2D eigenvalue weighted by Crippen LogP contribution is 2.17. The SMILES string of the molecule is CCN(Cc1ccc(C(=O)NCCC(C)(C)C)cc1)C(C)C. The van der Waals surface area contributed by atoms with Crippen LogP contribution in [0.15, 0.2) is 24.3 Å². The van der Waals surface area contributed by atoms with Crippen LogP contribution in [0.4, 0.5) is 0 Å². The summed E-state index contributed by atoms with van der Waals surface area (Å²) in [5.41, 5.74) is 2.24. The summed E-state index contributed by atoms with van der Waals surface area (Å²) in [4.78, 5) is 14.5. The summed E-state index contributed by atoms with van der Waals surface area (Å²) in [6.07, 6.45) is 0.983. The molecule has 0 heterocycles. The van der Waals surface area contributed by atoms with E-state index in [4.69, 9.17) is 0 Å². The number of carbonyl (C=O) groups is 1. The third-order valence-electron chi connectivity index (χ3n) is 3.90. The molecule has 0 unspecified atom stereocenters. The molecule has 22 heavy (non-hydrogen) atoms. The Morgan fingerprint density at radius 3 is 2.23 bits per heavy atom. The van der Waals surface area contributed by atoms with E-state index in [1.165, 1.54) is 5.56 Å². The molecular weight excluding hydrogens is 272 g/mol. The summed E-state index contributed by atoms with van der Waals surface area (Å²) in [6, 6.07) is 8.50. The minimum atomic E-state index is 0.0204. The van der Waals surface area contributed by atoms with Gasteiger partial charge < -0.3 is 5.32 Å². The summed E-state index contributed by atoms with van der Waals surface area (Å²) in [5, 5.41) is 3.00. The van der Waals surface area contributed by atoms with Crippen molar-refractivity contribution in [1.82, 2.24) is 10.2 Å². The summed E-state index contributed by atoms with van der Waals surface area (Å²) >= 11 is 0. The van der Waals surface area contributed by atoms with Crippen LogP contribution in [0.5, 0.6) is 0 Å². The molecule has 3 nitrogen and oxygen atoms in total. The fraction of sp³-hybridized carbons (Fsp3) is 0.632. The van der Waals surface area contributed by atoms with Crippen molar-refractivity contribution in [2.45, 2.75) is 60.5 Å². The molecule has 0 radical (unpaired) electrons. The first-order valence-corrected chi connectivity index (χ1v) is 8.34. The van der Waals surface area contributed by atoms with Gasteiger partial charge in [0.2, 0.25) is 0 Å². The van der Waals surface area contributed by atoms with Crippen molar-refractivity contribution in [2.75, 3.05) is 13.1 Å². The number of benzene rings is 1. The zero-order valence-electron chi connectivity index (χ0n) is 15.1. The molecule has 0 aliphatic heterocycles. The van der Waals surface area contributed by atoms with Crippen LogP contribution in [0.25, 0.3) is 0 Å². The molecule has 0 aromatic heterocycles. The number of nitrogens with one attached hydrogen (secondary N) is 1. The van der Waals surface area contributed by atoms with E-state index >= 15 is 0 Å². The Bertz CT molecular complexity index is 457. The number of hydrogen-bond acceptors (Lipinski definition) is 2. The van der Waals surface area contributed by atoms with Crippen molar-refractivity contribution in [1.29, 1.82) is 0 Å². The second kappa shape index (κ2) is 8.33. The standard InChI is InChI=1S/C19H32N2O/c1-7-21(15(2)3)14-16-8-10-17(11-9-16)18(22)20-13-12-19(4,5)6/h8-11,15H,7,12-14H2,1-6H3,(H,20,22). The molecule has 1 aromatic rings. The van der Waals surface area contributed by atoms with Crippen LogP contribution < -0.4 is 5.32 Å². The molecule has 0 saturated heterocycles. The van der Waals surface area contributed by atoms with Crippen molar-refractivity contribution in [3.05, 3.63) is 35.4 Å². The van der Waals surface area contributed by atoms with Gasteiger partial charge in [-0.25, -0.2) is 0 Å². The van der Waals surface area contributed by atoms with Crippen LogP contribution in [0, 0.1) is 5.41 Å². The summed E-state index contributed by atoms with van der Waals surface area (Å²) in [7, 11) is 0. The van der Waals surface area contributed by atoms with E-state index < -0.39 is 0 Å². The second-order valence-corrected chi connectivity index (χ2v) is 7.42. The van der Waals surface area contributed by atoms with Crippen LogP contribution in [0.2, 0.25) is 0 Å². The first-order chi connectivity index (χ1) is 10.2. The zero-order valence-corrected chi connectivity index (χ0v) is 15.1. The van der Waals surface area contributed by atoms with E-state index in [0.29, 0.717) is 6.04 Å². The third kappa shape index (κ3) is 6.61. The topological polar surface area (TPSA) is 32.3 Å². The van der Waals surface area contributed by atoms with E-state index in [1.54, 1.807) is 0 Å². The lowest BCUT2D eigenvalue weighted by molar-refractivity contribution is 0.0949. The van der Waals surface area contributed by atoms with E-state index in [1.807, 2.05) is 12.1 Å². The van der Waals surface area contributed by atoms with Gasteiger partial charge in [-0.05, 0) is 49.9 Å². The van der Waals surface area contributed by atoms with Gasteiger partial charge in [0.15, 0.2) is 0 Å². The molecule has 1 rings (SSSR count). The van der Waals surface area contributed by atoms with Crippen molar-refractivity contribution < 1.29 is 4.79 Å². The fourth-order valence-corrected chi connectivity index (χ4v) is 2.31. The lowest BCUT2D eigenvalue weighted by Crippen LogP contribution is -2.30. The van der Waals surface area contributed by atoms with Crippen molar-refractivity contribution >= 4 is 5.91 Å². The predicted molar refractivity (Wildman–Crippen MR) is 94.1 cm³/mol. The van der Waals surface area contributed by atoms with Gasteiger partial charge in [-0.15, -0.1) is 0 Å². The quantitative estimate of drug-likeness (QED) is 0.823. The number of hydrogen-bond donors (Lipinski definition) is 1. The zero-order chi connectivity index (χ0) is 16.8. The lowest BCUT2D eigenvalue weighted by atomic mass is 9.92. The van der Waals surface area contributed by atoms with Gasteiger partial charge in [-0.3, -0.25) is 9.69 Å². The molecule has 3 heteroatoms. The molecule has 0 atom stereocenters. The van der Waals surface area contributed by atoms with Crippen LogP contribution >= 0.6 is 0 Å². The molecule has 1 amide bonds. The van der Waals surface area contributed by atoms with Crippen molar-refractivity contribution in [2.24, 2.45) is 5.41 Å². The molecule has 0 spiro atoms. The Balaban J connectivity index is 2.55. The lowest BCUT2D eigenvalue weighted by Gasteiger charge is -2.24. The van der Waals surface area contributed by atoms with Gasteiger partial charge in [-0.1, -0.05) is 39.8 Å². The highest BCUT2D eigenvalue weighted by molar-refractivity contribution is 5.94. The normalized spacial score (nSPS) is 12.0. The molecule has 0 bridgehead atoms. The minimum absolute atomic E-state index is 0.0204. The second-order valence-electron chi connectivity index (χ2n) is 7.42. The van der Waals surface area contributed by atoms with Gasteiger partial charge in [0.25, 0.3) is 5.91 Å². The molecular formula is C19H32N2O. The molecule has 1 aromatic carbocycles. The molecule has 0 fully saturated rings. The smallest absolute Gasteiger partial charge is 0.251 e. The van der Waals surface area contributed by atoms with E-state index in [0.717, 1.165) is 31.6 Å². The summed E-state index contributed by atoms with van der Waals surface area (Å²) in [6.45, 7) is 15.8. The molecule has 0 aliphatic rings. The van der Waals surface area contributed by atoms with Crippen LogP contribution in [0.3, 0.4) is 0 Å². The monoisotopic (exact) mass is 304 g/mol. The van der Waals surface area contributed by atoms with Gasteiger partial charge in [0.05, 0.1) is 0 Å². The Kier molecular flexibility index (Phi) is 7.08. The number of amides is 1. The summed E-state index contributed by atoms with van der Waals surface area (Å²) < 4.78 is 0. The maximum absolute atomic E-state index is 12.1. The molecule has 0 saturated carbocycles. The third-order valence-corrected chi connectivity index (χ3v) is 3.90. The van der Waals surface area contributed by atoms with Gasteiger partial charge in [-0.2, -0.15) is 0 Å². The largest absolute Gasteiger partial charge is 0.352 e.